The Labute approximate surface area is 171 Å². The second kappa shape index (κ2) is 8.50. The van der Waals surface area contributed by atoms with Crippen LogP contribution in [-0.4, -0.2) is 40.3 Å². The number of ether oxygens (including phenoxy) is 1. The molecule has 1 N–H and O–H groups in total. The van der Waals surface area contributed by atoms with Gasteiger partial charge in [-0.15, -0.1) is 0 Å². The standard InChI is InChI=1S/C19H15BrF4N2O3/c20-13-3-1-2-4-15(13)29-10-11-5-7-12(8-6-11)17(27)26-19(28,18(23)24)9-14(25-26)16(21)22/h1-8,16,18,28H,9-10H2/t19-/m0/s1. The maximum atomic E-state index is 13.3. The van der Waals surface area contributed by atoms with Crippen LogP contribution in [0.4, 0.5) is 17.6 Å². The number of aliphatic hydroxyl groups is 1. The minimum atomic E-state index is -3.47. The zero-order valence-electron chi connectivity index (χ0n) is 14.7. The molecule has 0 aromatic heterocycles. The summed E-state index contributed by atoms with van der Waals surface area (Å²) >= 11 is 3.35. The average Bonchev–Trinajstić information content (AvgIpc) is 3.07. The van der Waals surface area contributed by atoms with Crippen molar-refractivity contribution in [2.75, 3.05) is 0 Å². The summed E-state index contributed by atoms with van der Waals surface area (Å²) in [5, 5.41) is 13.3. The number of para-hydroxylation sites is 1. The van der Waals surface area contributed by atoms with Gasteiger partial charge in [0, 0.05) is 12.0 Å². The molecular weight excluding hydrogens is 460 g/mol. The summed E-state index contributed by atoms with van der Waals surface area (Å²) in [4.78, 5) is 12.5. The molecule has 0 aliphatic carbocycles. The van der Waals surface area contributed by atoms with E-state index in [0.29, 0.717) is 11.3 Å². The quantitative estimate of drug-likeness (QED) is 0.629. The van der Waals surface area contributed by atoms with Crippen LogP contribution < -0.4 is 4.74 Å². The van der Waals surface area contributed by atoms with Crippen LogP contribution in [0.15, 0.2) is 58.1 Å². The van der Waals surface area contributed by atoms with E-state index >= 15 is 0 Å². The van der Waals surface area contributed by atoms with Crippen molar-refractivity contribution in [3.05, 3.63) is 64.1 Å². The monoisotopic (exact) mass is 474 g/mol. The van der Waals surface area contributed by atoms with E-state index in [2.05, 4.69) is 21.0 Å². The number of benzene rings is 2. The van der Waals surface area contributed by atoms with Gasteiger partial charge in [-0.05, 0) is 45.8 Å². The van der Waals surface area contributed by atoms with Crippen LogP contribution >= 0.6 is 15.9 Å². The summed E-state index contributed by atoms with van der Waals surface area (Å²) in [5.41, 5.74) is -3.49. The fourth-order valence-electron chi connectivity index (χ4n) is 2.69. The maximum Gasteiger partial charge on any atom is 0.287 e. The van der Waals surface area contributed by atoms with Crippen molar-refractivity contribution in [3.63, 3.8) is 0 Å². The third kappa shape index (κ3) is 4.43. The molecule has 0 radical (unpaired) electrons. The Kier molecular flexibility index (Phi) is 6.23. The van der Waals surface area contributed by atoms with Crippen molar-refractivity contribution < 1.29 is 32.2 Å². The van der Waals surface area contributed by atoms with Crippen molar-refractivity contribution in [3.8, 4) is 5.75 Å². The molecule has 154 valence electrons. The van der Waals surface area contributed by atoms with E-state index < -0.39 is 36.6 Å². The lowest BCUT2D eigenvalue weighted by Gasteiger charge is -2.30. The minimum Gasteiger partial charge on any atom is -0.488 e. The molecular formula is C19H15BrF4N2O3. The normalized spacial score (nSPS) is 19.0. The maximum absolute atomic E-state index is 13.3. The summed E-state index contributed by atoms with van der Waals surface area (Å²) in [5.74, 6) is -0.498. The highest BCUT2D eigenvalue weighted by Gasteiger charge is 2.53. The van der Waals surface area contributed by atoms with Crippen LogP contribution in [0.3, 0.4) is 0 Å². The lowest BCUT2D eigenvalue weighted by atomic mass is 10.1. The molecule has 0 saturated heterocycles. The molecule has 0 bridgehead atoms. The molecule has 10 heteroatoms. The SMILES string of the molecule is O=C(c1ccc(COc2ccccc2Br)cc1)N1N=C(C(F)F)C[C@]1(O)C(F)F. The zero-order chi connectivity index (χ0) is 21.2. The summed E-state index contributed by atoms with van der Waals surface area (Å²) < 4.78 is 58.6. The number of rotatable bonds is 6. The molecule has 0 spiro atoms. The summed E-state index contributed by atoms with van der Waals surface area (Å²) in [6.45, 7) is 0.176. The van der Waals surface area contributed by atoms with Crippen molar-refractivity contribution >= 4 is 27.5 Å². The Morgan fingerprint density at radius 3 is 2.41 bits per heavy atom. The molecule has 0 fully saturated rings. The van der Waals surface area contributed by atoms with Gasteiger partial charge in [0.2, 0.25) is 5.72 Å². The van der Waals surface area contributed by atoms with E-state index in [1.807, 2.05) is 12.1 Å². The number of hydrogen-bond donors (Lipinski definition) is 1. The largest absolute Gasteiger partial charge is 0.488 e. The van der Waals surface area contributed by atoms with Crippen LogP contribution in [0.5, 0.6) is 5.75 Å². The van der Waals surface area contributed by atoms with Gasteiger partial charge in [0.05, 0.1) is 4.47 Å². The lowest BCUT2D eigenvalue weighted by Crippen LogP contribution is -2.51. The Balaban J connectivity index is 1.75. The third-order valence-corrected chi connectivity index (χ3v) is 4.92. The van der Waals surface area contributed by atoms with E-state index in [1.54, 1.807) is 12.1 Å². The molecule has 1 atom stereocenters. The van der Waals surface area contributed by atoms with E-state index in [-0.39, 0.29) is 17.2 Å². The predicted octanol–water partition coefficient (Wildman–Crippen LogP) is 4.45. The molecule has 2 aromatic rings. The topological polar surface area (TPSA) is 62.1 Å². The molecule has 2 aromatic carbocycles. The summed E-state index contributed by atoms with van der Waals surface area (Å²) in [6.07, 6.45) is -7.75. The molecule has 1 amide bonds. The first-order valence-electron chi connectivity index (χ1n) is 8.39. The predicted molar refractivity (Wildman–Crippen MR) is 100 cm³/mol. The Morgan fingerprint density at radius 1 is 1.17 bits per heavy atom. The average molecular weight is 475 g/mol. The highest BCUT2D eigenvalue weighted by atomic mass is 79.9. The van der Waals surface area contributed by atoms with Gasteiger partial charge < -0.3 is 9.84 Å². The number of carbonyl (C=O) groups excluding carboxylic acids is 1. The van der Waals surface area contributed by atoms with Gasteiger partial charge in [0.25, 0.3) is 18.8 Å². The smallest absolute Gasteiger partial charge is 0.287 e. The Morgan fingerprint density at radius 2 is 1.83 bits per heavy atom. The zero-order valence-corrected chi connectivity index (χ0v) is 16.3. The number of alkyl halides is 4. The Hall–Kier alpha value is -2.46. The lowest BCUT2D eigenvalue weighted by molar-refractivity contribution is -0.164. The fourth-order valence-corrected chi connectivity index (χ4v) is 3.09. The van der Waals surface area contributed by atoms with Crippen molar-refractivity contribution in [1.82, 2.24) is 5.01 Å². The first-order valence-corrected chi connectivity index (χ1v) is 9.18. The number of carbonyl (C=O) groups is 1. The molecule has 3 rings (SSSR count). The Bertz CT molecular complexity index is 924. The van der Waals surface area contributed by atoms with Crippen molar-refractivity contribution in [1.29, 1.82) is 0 Å². The number of halogens is 5. The van der Waals surface area contributed by atoms with Gasteiger partial charge in [-0.1, -0.05) is 24.3 Å². The van der Waals surface area contributed by atoms with Crippen LogP contribution in [0.1, 0.15) is 22.3 Å². The van der Waals surface area contributed by atoms with Crippen molar-refractivity contribution in [2.45, 2.75) is 31.6 Å². The van der Waals surface area contributed by atoms with E-state index in [4.69, 9.17) is 4.74 Å². The van der Waals surface area contributed by atoms with E-state index in [9.17, 15) is 27.5 Å². The fraction of sp³-hybridized carbons (Fsp3) is 0.263. The number of amides is 1. The van der Waals surface area contributed by atoms with Crippen LogP contribution in [-0.2, 0) is 6.61 Å². The van der Waals surface area contributed by atoms with E-state index in [1.165, 1.54) is 24.3 Å². The van der Waals surface area contributed by atoms with Gasteiger partial charge in [-0.2, -0.15) is 10.1 Å². The molecule has 0 unspecified atom stereocenters. The first kappa shape index (κ1) is 21.3. The minimum absolute atomic E-state index is 0.0335. The number of hydrogen-bond acceptors (Lipinski definition) is 4. The van der Waals surface area contributed by atoms with Gasteiger partial charge in [0.15, 0.2) is 0 Å². The number of nitrogens with zero attached hydrogens (tertiary/aromatic N) is 2. The molecule has 1 aliphatic rings. The van der Waals surface area contributed by atoms with Gasteiger partial charge in [0.1, 0.15) is 18.1 Å². The molecule has 29 heavy (non-hydrogen) atoms. The molecule has 1 aliphatic heterocycles. The second-order valence-corrected chi connectivity index (χ2v) is 7.14. The van der Waals surface area contributed by atoms with Crippen LogP contribution in [0, 0.1) is 0 Å². The van der Waals surface area contributed by atoms with Gasteiger partial charge in [-0.25, -0.2) is 17.6 Å². The first-order chi connectivity index (χ1) is 13.7. The molecule has 0 saturated carbocycles. The van der Waals surface area contributed by atoms with Crippen molar-refractivity contribution in [2.24, 2.45) is 5.10 Å². The van der Waals surface area contributed by atoms with Crippen LogP contribution in [0.2, 0.25) is 0 Å². The second-order valence-electron chi connectivity index (χ2n) is 6.28. The van der Waals surface area contributed by atoms with Gasteiger partial charge in [-0.3, -0.25) is 4.79 Å². The number of hydrazone groups is 1. The van der Waals surface area contributed by atoms with Crippen LogP contribution in [0.25, 0.3) is 0 Å². The molecule has 1 heterocycles. The third-order valence-electron chi connectivity index (χ3n) is 4.26. The summed E-state index contributed by atoms with van der Waals surface area (Å²) in [6, 6.07) is 12.9. The summed E-state index contributed by atoms with van der Waals surface area (Å²) in [7, 11) is 0. The van der Waals surface area contributed by atoms with Gasteiger partial charge >= 0.3 is 0 Å². The van der Waals surface area contributed by atoms with E-state index in [0.717, 1.165) is 4.47 Å². The molecule has 5 nitrogen and oxygen atoms in total. The highest BCUT2D eigenvalue weighted by molar-refractivity contribution is 9.10. The highest BCUT2D eigenvalue weighted by Crippen LogP contribution is 2.34.